The number of carbonyl (C=O) groups excluding carboxylic acids is 2. The Hall–Kier alpha value is -5.52. The van der Waals surface area contributed by atoms with Gasteiger partial charge in [-0.2, -0.15) is 0 Å². The van der Waals surface area contributed by atoms with Gasteiger partial charge in [0.2, 0.25) is 0 Å². The molecule has 2 heterocycles. The predicted molar refractivity (Wildman–Crippen MR) is 143 cm³/mol. The topological polar surface area (TPSA) is 160 Å². The molecular weight excluding hydrogens is 512 g/mol. The van der Waals surface area contributed by atoms with Crippen LogP contribution in [0.15, 0.2) is 85.2 Å². The summed E-state index contributed by atoms with van der Waals surface area (Å²) in [7, 11) is 0. The van der Waals surface area contributed by atoms with Crippen LogP contribution in [0.25, 0.3) is 0 Å². The van der Waals surface area contributed by atoms with Gasteiger partial charge in [-0.25, -0.2) is 9.36 Å². The van der Waals surface area contributed by atoms with E-state index in [9.17, 15) is 19.8 Å². The molecule has 0 spiro atoms. The predicted octanol–water partition coefficient (Wildman–Crippen LogP) is 2.24. The summed E-state index contributed by atoms with van der Waals surface area (Å²) >= 11 is 0. The monoisotopic (exact) mass is 538 g/mol. The van der Waals surface area contributed by atoms with Crippen molar-refractivity contribution in [2.75, 3.05) is 0 Å². The van der Waals surface area contributed by atoms with Gasteiger partial charge in [0.25, 0.3) is 11.8 Å². The van der Waals surface area contributed by atoms with E-state index in [4.69, 9.17) is 0 Å². The van der Waals surface area contributed by atoms with Gasteiger partial charge >= 0.3 is 0 Å². The third-order valence-corrected chi connectivity index (χ3v) is 5.98. The molecule has 5 rings (SSSR count). The van der Waals surface area contributed by atoms with E-state index >= 15 is 0 Å². The van der Waals surface area contributed by atoms with Crippen LogP contribution in [-0.2, 0) is 26.2 Å². The van der Waals surface area contributed by atoms with Crippen LogP contribution < -0.4 is 10.6 Å². The molecule has 2 amide bonds. The van der Waals surface area contributed by atoms with Gasteiger partial charge in [0.05, 0.1) is 38.6 Å². The molecule has 0 radical (unpaired) electrons. The number of rotatable bonds is 10. The second-order valence-corrected chi connectivity index (χ2v) is 9.09. The molecule has 0 fully saturated rings. The quantitative estimate of drug-likeness (QED) is 0.211. The van der Waals surface area contributed by atoms with Crippen molar-refractivity contribution in [3.05, 3.63) is 119 Å². The number of carbonyl (C=O) groups is 2. The standard InChI is InChI=1S/C28H26N8O4/c37-25-8-4-19(5-9-25)15-35-17-23(31-33-35)13-29-27(39)21-2-1-3-22(12-21)28(40)30-14-24-18-36(34-32-24)16-20-6-10-26(38)11-7-20/h1-12,17-18,37-38H,13-16H2,(H,29,39)(H,30,40). The molecule has 0 bridgehead atoms. The lowest BCUT2D eigenvalue weighted by Crippen LogP contribution is -2.25. The fourth-order valence-electron chi connectivity index (χ4n) is 3.92. The molecule has 0 unspecified atom stereocenters. The highest BCUT2D eigenvalue weighted by Crippen LogP contribution is 2.12. The zero-order valence-corrected chi connectivity index (χ0v) is 21.3. The molecule has 12 nitrogen and oxygen atoms in total. The number of nitrogens with one attached hydrogen (secondary N) is 2. The molecule has 40 heavy (non-hydrogen) atoms. The summed E-state index contributed by atoms with van der Waals surface area (Å²) in [6.45, 7) is 1.30. The van der Waals surface area contributed by atoms with E-state index in [2.05, 4.69) is 31.3 Å². The number of amides is 2. The molecule has 2 aromatic heterocycles. The number of benzene rings is 3. The Labute approximate surface area is 228 Å². The van der Waals surface area contributed by atoms with Crippen molar-refractivity contribution in [2.45, 2.75) is 26.2 Å². The first-order valence-corrected chi connectivity index (χ1v) is 12.4. The van der Waals surface area contributed by atoms with E-state index in [-0.39, 0.29) is 36.4 Å². The van der Waals surface area contributed by atoms with Gasteiger partial charge in [0, 0.05) is 11.1 Å². The van der Waals surface area contributed by atoms with Crippen molar-refractivity contribution < 1.29 is 19.8 Å². The van der Waals surface area contributed by atoms with Crippen LogP contribution in [0, 0.1) is 0 Å². The van der Waals surface area contributed by atoms with E-state index in [0.717, 1.165) is 11.1 Å². The molecule has 0 aliphatic carbocycles. The molecule has 0 saturated carbocycles. The van der Waals surface area contributed by atoms with Crippen molar-refractivity contribution in [1.82, 2.24) is 40.6 Å². The first kappa shape index (κ1) is 26.1. The normalized spacial score (nSPS) is 10.8. The highest BCUT2D eigenvalue weighted by molar-refractivity contribution is 5.99. The van der Waals surface area contributed by atoms with Crippen LogP contribution >= 0.6 is 0 Å². The Bertz CT molecular complexity index is 1490. The average molecular weight is 539 g/mol. The smallest absolute Gasteiger partial charge is 0.251 e. The number of hydrogen-bond acceptors (Lipinski definition) is 8. The van der Waals surface area contributed by atoms with Crippen molar-refractivity contribution in [1.29, 1.82) is 0 Å². The number of aromatic nitrogens is 6. The largest absolute Gasteiger partial charge is 0.508 e. The maximum absolute atomic E-state index is 12.7. The van der Waals surface area contributed by atoms with Gasteiger partial charge in [-0.1, -0.05) is 40.8 Å². The summed E-state index contributed by atoms with van der Waals surface area (Å²) < 4.78 is 3.29. The van der Waals surface area contributed by atoms with Gasteiger partial charge in [-0.05, 0) is 53.6 Å². The van der Waals surface area contributed by atoms with E-state index in [0.29, 0.717) is 35.6 Å². The lowest BCUT2D eigenvalue weighted by molar-refractivity contribution is 0.0950. The Kier molecular flexibility index (Phi) is 7.77. The number of phenolic OH excluding ortho intramolecular Hbond substituents is 2. The first-order chi connectivity index (χ1) is 19.4. The maximum Gasteiger partial charge on any atom is 0.251 e. The molecule has 5 aromatic rings. The molecule has 0 aliphatic rings. The summed E-state index contributed by atoms with van der Waals surface area (Å²) in [6, 6.07) is 20.0. The summed E-state index contributed by atoms with van der Waals surface area (Å²) in [6.07, 6.45) is 3.47. The van der Waals surface area contributed by atoms with Crippen molar-refractivity contribution in [3.63, 3.8) is 0 Å². The summed E-state index contributed by atoms with van der Waals surface area (Å²) in [5.41, 5.74) is 3.74. The summed E-state index contributed by atoms with van der Waals surface area (Å²) in [5.74, 6) is -0.307. The average Bonchev–Trinajstić information content (AvgIpc) is 3.62. The van der Waals surface area contributed by atoms with Gasteiger partial charge in [0.1, 0.15) is 22.9 Å². The highest BCUT2D eigenvalue weighted by Gasteiger charge is 2.12. The molecule has 4 N–H and O–H groups in total. The van der Waals surface area contributed by atoms with E-state index in [1.807, 2.05) is 0 Å². The zero-order chi connectivity index (χ0) is 27.9. The van der Waals surface area contributed by atoms with Crippen molar-refractivity contribution in [2.24, 2.45) is 0 Å². The van der Waals surface area contributed by atoms with Crippen molar-refractivity contribution in [3.8, 4) is 11.5 Å². The summed E-state index contributed by atoms with van der Waals surface area (Å²) in [5, 5.41) is 40.7. The summed E-state index contributed by atoms with van der Waals surface area (Å²) in [4.78, 5) is 25.4. The minimum atomic E-state index is -0.347. The number of hydrogen-bond donors (Lipinski definition) is 4. The number of nitrogens with zero attached hydrogens (tertiary/aromatic N) is 6. The second-order valence-electron chi connectivity index (χ2n) is 9.09. The molecule has 3 aromatic carbocycles. The Balaban J connectivity index is 1.11. The molecular formula is C28H26N8O4. The van der Waals surface area contributed by atoms with Crippen LogP contribution in [0.4, 0.5) is 0 Å². The number of phenols is 2. The van der Waals surface area contributed by atoms with Crippen LogP contribution in [0.3, 0.4) is 0 Å². The minimum Gasteiger partial charge on any atom is -0.508 e. The second kappa shape index (κ2) is 11.9. The van der Waals surface area contributed by atoms with Gasteiger partial charge in [-0.15, -0.1) is 10.2 Å². The molecule has 0 saturated heterocycles. The molecule has 0 aliphatic heterocycles. The lowest BCUT2D eigenvalue weighted by atomic mass is 10.1. The van der Waals surface area contributed by atoms with Crippen molar-refractivity contribution >= 4 is 11.8 Å². The van der Waals surface area contributed by atoms with Crippen LogP contribution in [0.2, 0.25) is 0 Å². The fourth-order valence-corrected chi connectivity index (χ4v) is 3.92. The molecule has 0 atom stereocenters. The SMILES string of the molecule is O=C(NCc1cn(Cc2ccc(O)cc2)nn1)c1cccc(C(=O)NCc2cn(Cc3ccc(O)cc3)nn2)c1. The van der Waals surface area contributed by atoms with Gasteiger partial charge < -0.3 is 20.8 Å². The fraction of sp³-hybridized carbons (Fsp3) is 0.143. The third-order valence-electron chi connectivity index (χ3n) is 5.98. The zero-order valence-electron chi connectivity index (χ0n) is 21.3. The van der Waals surface area contributed by atoms with Crippen LogP contribution in [0.1, 0.15) is 43.2 Å². The van der Waals surface area contributed by atoms with Crippen LogP contribution in [0.5, 0.6) is 11.5 Å². The molecule has 12 heteroatoms. The third kappa shape index (κ3) is 6.86. The minimum absolute atomic E-state index is 0.171. The maximum atomic E-state index is 12.7. The highest BCUT2D eigenvalue weighted by atomic mass is 16.3. The molecule has 202 valence electrons. The van der Waals surface area contributed by atoms with Gasteiger partial charge in [0.15, 0.2) is 0 Å². The van der Waals surface area contributed by atoms with E-state index in [1.54, 1.807) is 88.5 Å². The number of aromatic hydroxyl groups is 2. The Morgan fingerprint density at radius 2 is 1.07 bits per heavy atom. The van der Waals surface area contributed by atoms with Gasteiger partial charge in [-0.3, -0.25) is 9.59 Å². The Morgan fingerprint density at radius 1 is 0.650 bits per heavy atom. The van der Waals surface area contributed by atoms with E-state index in [1.165, 1.54) is 6.07 Å². The lowest BCUT2D eigenvalue weighted by Gasteiger charge is -2.07. The Morgan fingerprint density at radius 3 is 1.50 bits per heavy atom. The first-order valence-electron chi connectivity index (χ1n) is 12.4. The van der Waals surface area contributed by atoms with Crippen LogP contribution in [-0.4, -0.2) is 52.0 Å². The van der Waals surface area contributed by atoms with E-state index < -0.39 is 0 Å².